The van der Waals surface area contributed by atoms with Crippen molar-refractivity contribution < 1.29 is 4.57 Å². The number of unbranched alkanes of at least 4 members (excludes halogenated alkanes) is 8. The first-order valence-corrected chi connectivity index (χ1v) is 8.37. The maximum absolute atomic E-state index is 3.33. The van der Waals surface area contributed by atoms with E-state index < -0.39 is 0 Å². The average Bonchev–Trinajstić information content (AvgIpc) is 2.89. The highest BCUT2D eigenvalue weighted by Gasteiger charge is 2.07. The van der Waals surface area contributed by atoms with Crippen LogP contribution in [0.3, 0.4) is 0 Å². The lowest BCUT2D eigenvalue weighted by molar-refractivity contribution is -0.671. The minimum absolute atomic E-state index is 1.14. The van der Waals surface area contributed by atoms with Crippen LogP contribution in [0.25, 0.3) is 11.0 Å². The molecule has 0 amide bonds. The molecule has 0 aliphatic carbocycles. The summed E-state index contributed by atoms with van der Waals surface area (Å²) in [6.45, 7) is 3.42. The van der Waals surface area contributed by atoms with Gasteiger partial charge in [0.05, 0.1) is 6.54 Å². The van der Waals surface area contributed by atoms with Crippen LogP contribution in [0.5, 0.6) is 0 Å². The van der Waals surface area contributed by atoms with Crippen molar-refractivity contribution in [2.45, 2.75) is 71.3 Å². The van der Waals surface area contributed by atoms with Gasteiger partial charge in [0.2, 0.25) is 6.33 Å². The zero-order valence-electron chi connectivity index (χ0n) is 12.9. The Morgan fingerprint density at radius 2 is 1.50 bits per heavy atom. The minimum atomic E-state index is 1.14. The lowest BCUT2D eigenvalue weighted by atomic mass is 10.1. The second-order valence-electron chi connectivity index (χ2n) is 5.81. The zero-order chi connectivity index (χ0) is 14.0. The lowest BCUT2D eigenvalue weighted by Crippen LogP contribution is -2.31. The molecule has 2 aromatic rings. The van der Waals surface area contributed by atoms with E-state index in [4.69, 9.17) is 0 Å². The number of nitrogens with zero attached hydrogens (tertiary/aromatic N) is 1. The molecule has 2 nitrogen and oxygen atoms in total. The molecule has 0 bridgehead atoms. The molecule has 0 aliphatic rings. The molecule has 1 aromatic carbocycles. The summed E-state index contributed by atoms with van der Waals surface area (Å²) < 4.78 is 2.34. The summed E-state index contributed by atoms with van der Waals surface area (Å²) in [6.07, 6.45) is 14.6. The first kappa shape index (κ1) is 15.1. The van der Waals surface area contributed by atoms with Gasteiger partial charge in [-0.1, -0.05) is 64.0 Å². The number of hydrogen-bond acceptors (Lipinski definition) is 0. The molecule has 0 atom stereocenters. The van der Waals surface area contributed by atoms with Gasteiger partial charge in [0, 0.05) is 0 Å². The molecule has 0 saturated heterocycles. The summed E-state index contributed by atoms with van der Waals surface area (Å²) in [7, 11) is 0. The number of hydrogen-bond donors (Lipinski definition) is 1. The van der Waals surface area contributed by atoms with Gasteiger partial charge in [0.25, 0.3) is 0 Å². The molecule has 0 spiro atoms. The van der Waals surface area contributed by atoms with Crippen molar-refractivity contribution >= 4 is 11.0 Å². The highest BCUT2D eigenvalue weighted by Crippen LogP contribution is 2.10. The minimum Gasteiger partial charge on any atom is -0.243 e. The highest BCUT2D eigenvalue weighted by molar-refractivity contribution is 5.70. The fourth-order valence-electron chi connectivity index (χ4n) is 2.84. The van der Waals surface area contributed by atoms with E-state index in [2.05, 4.69) is 47.1 Å². The van der Waals surface area contributed by atoms with Gasteiger partial charge in [-0.25, -0.2) is 9.55 Å². The van der Waals surface area contributed by atoms with Crippen LogP contribution >= 0.6 is 0 Å². The summed E-state index contributed by atoms with van der Waals surface area (Å²) in [4.78, 5) is 3.33. The number of aromatic amines is 1. The van der Waals surface area contributed by atoms with E-state index in [1.807, 2.05) is 0 Å². The number of nitrogens with one attached hydrogen (secondary N) is 1. The maximum atomic E-state index is 3.33. The molecule has 1 N–H and O–H groups in total. The molecule has 0 fully saturated rings. The lowest BCUT2D eigenvalue weighted by Gasteiger charge is -2.01. The second kappa shape index (κ2) is 8.78. The Hall–Kier alpha value is -1.31. The van der Waals surface area contributed by atoms with Crippen LogP contribution in [-0.4, -0.2) is 4.98 Å². The molecule has 0 aliphatic heterocycles. The van der Waals surface area contributed by atoms with Crippen molar-refractivity contribution in [2.75, 3.05) is 0 Å². The Kier molecular flexibility index (Phi) is 6.62. The van der Waals surface area contributed by atoms with Crippen molar-refractivity contribution in [1.82, 2.24) is 4.98 Å². The first-order chi connectivity index (χ1) is 9.92. The average molecular weight is 273 g/mol. The van der Waals surface area contributed by atoms with Gasteiger partial charge < -0.3 is 0 Å². The van der Waals surface area contributed by atoms with Gasteiger partial charge in [-0.15, -0.1) is 0 Å². The molecule has 1 heterocycles. The summed E-state index contributed by atoms with van der Waals surface area (Å²) >= 11 is 0. The summed E-state index contributed by atoms with van der Waals surface area (Å²) in [5.41, 5.74) is 2.57. The molecule has 0 radical (unpaired) electrons. The fraction of sp³-hybridized carbons (Fsp3) is 0.611. The predicted octanol–water partition coefficient (Wildman–Crippen LogP) is 4.99. The number of aryl methyl sites for hydroxylation is 1. The van der Waals surface area contributed by atoms with E-state index in [-0.39, 0.29) is 0 Å². The van der Waals surface area contributed by atoms with E-state index in [1.54, 1.807) is 0 Å². The molecule has 20 heavy (non-hydrogen) atoms. The van der Waals surface area contributed by atoms with Crippen molar-refractivity contribution in [3.63, 3.8) is 0 Å². The van der Waals surface area contributed by atoms with Crippen LogP contribution in [0.15, 0.2) is 30.6 Å². The van der Waals surface area contributed by atoms with Crippen LogP contribution in [0.4, 0.5) is 0 Å². The SMILES string of the molecule is CCCCCCCCCCC[n+]1c[nH]c2ccccc21. The van der Waals surface area contributed by atoms with Crippen molar-refractivity contribution in [2.24, 2.45) is 0 Å². The first-order valence-electron chi connectivity index (χ1n) is 8.37. The second-order valence-corrected chi connectivity index (χ2v) is 5.81. The summed E-state index contributed by atoms with van der Waals surface area (Å²) in [5.74, 6) is 0. The third kappa shape index (κ3) is 4.66. The van der Waals surface area contributed by atoms with Crippen molar-refractivity contribution in [3.05, 3.63) is 30.6 Å². The van der Waals surface area contributed by atoms with Crippen LogP contribution in [-0.2, 0) is 6.54 Å². The van der Waals surface area contributed by atoms with E-state index in [0.29, 0.717) is 0 Å². The van der Waals surface area contributed by atoms with Gasteiger partial charge in [0.1, 0.15) is 0 Å². The fourth-order valence-corrected chi connectivity index (χ4v) is 2.84. The Balaban J connectivity index is 1.57. The van der Waals surface area contributed by atoms with Crippen molar-refractivity contribution in [3.8, 4) is 0 Å². The quantitative estimate of drug-likeness (QED) is 0.465. The molecular weight excluding hydrogens is 244 g/mol. The highest BCUT2D eigenvalue weighted by atomic mass is 15.0. The molecule has 0 saturated carbocycles. The van der Waals surface area contributed by atoms with E-state index >= 15 is 0 Å². The Morgan fingerprint density at radius 1 is 0.850 bits per heavy atom. The number of rotatable bonds is 10. The van der Waals surface area contributed by atoms with Crippen LogP contribution in [0.2, 0.25) is 0 Å². The molecule has 1 aromatic heterocycles. The van der Waals surface area contributed by atoms with Crippen LogP contribution in [0.1, 0.15) is 64.7 Å². The van der Waals surface area contributed by atoms with Crippen LogP contribution in [0, 0.1) is 0 Å². The molecule has 2 rings (SSSR count). The smallest absolute Gasteiger partial charge is 0.242 e. The number of imidazole rings is 1. The maximum Gasteiger partial charge on any atom is 0.242 e. The summed E-state index contributed by atoms with van der Waals surface area (Å²) in [6, 6.07) is 8.53. The number of fused-ring (bicyclic) bond motifs is 1. The Labute approximate surface area is 123 Å². The molecule has 0 unspecified atom stereocenters. The van der Waals surface area contributed by atoms with Crippen molar-refractivity contribution in [1.29, 1.82) is 0 Å². The standard InChI is InChI=1S/C18H28N2/c1-2-3-4-5-6-7-8-9-12-15-20-16-19-17-13-10-11-14-18(17)20/h10-11,13-14,16H,2-9,12,15H2,1H3/p+1. The van der Waals surface area contributed by atoms with Gasteiger partial charge >= 0.3 is 0 Å². The molecule has 110 valence electrons. The van der Waals surface area contributed by atoms with E-state index in [1.165, 1.54) is 68.8 Å². The monoisotopic (exact) mass is 273 g/mol. The topological polar surface area (TPSA) is 19.7 Å². The number of aromatic nitrogens is 2. The third-order valence-electron chi connectivity index (χ3n) is 4.09. The zero-order valence-corrected chi connectivity index (χ0v) is 12.9. The normalized spacial score (nSPS) is 11.2. The third-order valence-corrected chi connectivity index (χ3v) is 4.09. The largest absolute Gasteiger partial charge is 0.243 e. The number of benzene rings is 1. The Morgan fingerprint density at radius 3 is 2.25 bits per heavy atom. The Bertz CT molecular complexity index is 487. The molecular formula is C18H29N2+. The predicted molar refractivity (Wildman–Crippen MR) is 85.7 cm³/mol. The van der Waals surface area contributed by atoms with E-state index in [9.17, 15) is 0 Å². The number of H-pyrrole nitrogens is 1. The van der Waals surface area contributed by atoms with Crippen LogP contribution < -0.4 is 4.57 Å². The van der Waals surface area contributed by atoms with E-state index in [0.717, 1.165) is 6.54 Å². The summed E-state index contributed by atoms with van der Waals surface area (Å²) in [5, 5.41) is 0. The van der Waals surface area contributed by atoms with Gasteiger partial charge in [0.15, 0.2) is 11.0 Å². The van der Waals surface area contributed by atoms with Gasteiger partial charge in [-0.2, -0.15) is 0 Å². The number of para-hydroxylation sites is 2. The van der Waals surface area contributed by atoms with Gasteiger partial charge in [-0.3, -0.25) is 0 Å². The van der Waals surface area contributed by atoms with Gasteiger partial charge in [-0.05, 0) is 25.0 Å². The molecule has 2 heteroatoms.